The van der Waals surface area contributed by atoms with Crippen molar-refractivity contribution >= 4 is 10.9 Å². The standard InChI is InChI=1S/C23H23F4N3O/c1-12(24)11-30-5-4-16-17-6-13(25)2-3-20(17)29-22(16)23(30)21-18(26)7-14(8-19(21)27)31-15-9-28-10-15/h2-3,6-8,12,15,23,28-29H,4-5,9-11H2,1H3. The summed E-state index contributed by atoms with van der Waals surface area (Å²) in [6.45, 7) is 3.11. The van der Waals surface area contributed by atoms with Gasteiger partial charge in [-0.3, -0.25) is 4.90 Å². The van der Waals surface area contributed by atoms with Crippen molar-refractivity contribution in [3.63, 3.8) is 0 Å². The van der Waals surface area contributed by atoms with E-state index in [2.05, 4.69) is 10.3 Å². The monoisotopic (exact) mass is 433 g/mol. The first-order chi connectivity index (χ1) is 14.9. The molecule has 4 nitrogen and oxygen atoms in total. The summed E-state index contributed by atoms with van der Waals surface area (Å²) < 4.78 is 63.9. The Morgan fingerprint density at radius 3 is 2.52 bits per heavy atom. The van der Waals surface area contributed by atoms with Gasteiger partial charge in [-0.1, -0.05) is 0 Å². The number of halogens is 4. The second-order valence-corrected chi connectivity index (χ2v) is 8.33. The van der Waals surface area contributed by atoms with Crippen LogP contribution in [0.5, 0.6) is 5.75 Å². The zero-order valence-corrected chi connectivity index (χ0v) is 17.0. The normalized spacial score (nSPS) is 20.5. The average molecular weight is 433 g/mol. The molecule has 2 aliphatic rings. The molecule has 0 radical (unpaired) electrons. The van der Waals surface area contributed by atoms with Gasteiger partial charge >= 0.3 is 0 Å². The molecule has 164 valence electrons. The van der Waals surface area contributed by atoms with Crippen molar-refractivity contribution < 1.29 is 22.3 Å². The third-order valence-electron chi connectivity index (χ3n) is 6.05. The van der Waals surface area contributed by atoms with E-state index in [-0.39, 0.29) is 29.8 Å². The second-order valence-electron chi connectivity index (χ2n) is 8.33. The number of rotatable bonds is 5. The zero-order valence-electron chi connectivity index (χ0n) is 17.0. The Labute approximate surface area is 177 Å². The largest absolute Gasteiger partial charge is 0.488 e. The van der Waals surface area contributed by atoms with Crippen molar-refractivity contribution in [1.82, 2.24) is 15.2 Å². The van der Waals surface area contributed by atoms with Crippen LogP contribution in [-0.2, 0) is 6.42 Å². The maximum atomic E-state index is 15.3. The quantitative estimate of drug-likeness (QED) is 0.592. The smallest absolute Gasteiger partial charge is 0.135 e. The number of benzene rings is 2. The van der Waals surface area contributed by atoms with E-state index >= 15 is 8.78 Å². The van der Waals surface area contributed by atoms with Gasteiger partial charge in [-0.25, -0.2) is 17.6 Å². The van der Waals surface area contributed by atoms with Gasteiger partial charge in [0.2, 0.25) is 0 Å². The fourth-order valence-electron chi connectivity index (χ4n) is 4.59. The van der Waals surface area contributed by atoms with Crippen LogP contribution in [0.1, 0.15) is 29.8 Å². The summed E-state index contributed by atoms with van der Waals surface area (Å²) in [5, 5.41) is 3.73. The summed E-state index contributed by atoms with van der Waals surface area (Å²) in [7, 11) is 0. The van der Waals surface area contributed by atoms with E-state index in [0.29, 0.717) is 42.7 Å². The molecule has 0 aliphatic carbocycles. The number of H-pyrrole nitrogens is 1. The van der Waals surface area contributed by atoms with Crippen LogP contribution in [0.2, 0.25) is 0 Å². The van der Waals surface area contributed by atoms with Crippen LogP contribution in [0.3, 0.4) is 0 Å². The molecule has 3 heterocycles. The van der Waals surface area contributed by atoms with Gasteiger partial charge in [0.15, 0.2) is 0 Å². The number of hydrogen-bond donors (Lipinski definition) is 2. The number of fused-ring (bicyclic) bond motifs is 3. The molecule has 0 saturated carbocycles. The number of aromatic nitrogens is 1. The lowest BCUT2D eigenvalue weighted by Crippen LogP contribution is -2.50. The van der Waals surface area contributed by atoms with Crippen LogP contribution in [0.15, 0.2) is 30.3 Å². The van der Waals surface area contributed by atoms with Crippen LogP contribution in [0.4, 0.5) is 17.6 Å². The average Bonchev–Trinajstić information content (AvgIpc) is 3.03. The van der Waals surface area contributed by atoms with Gasteiger partial charge in [0.1, 0.15) is 35.5 Å². The summed E-state index contributed by atoms with van der Waals surface area (Å²) in [5.41, 5.74) is 1.90. The Morgan fingerprint density at radius 2 is 1.87 bits per heavy atom. The van der Waals surface area contributed by atoms with Gasteiger partial charge in [0.25, 0.3) is 0 Å². The van der Waals surface area contributed by atoms with Crippen molar-refractivity contribution in [1.29, 1.82) is 0 Å². The third-order valence-corrected chi connectivity index (χ3v) is 6.05. The van der Waals surface area contributed by atoms with Crippen molar-refractivity contribution in [2.75, 3.05) is 26.2 Å². The molecular formula is C23H23F4N3O. The molecule has 31 heavy (non-hydrogen) atoms. The van der Waals surface area contributed by atoms with Crippen molar-refractivity contribution in [3.8, 4) is 5.75 Å². The van der Waals surface area contributed by atoms with E-state index < -0.39 is 23.8 Å². The van der Waals surface area contributed by atoms with E-state index in [9.17, 15) is 8.78 Å². The van der Waals surface area contributed by atoms with Crippen LogP contribution < -0.4 is 10.1 Å². The van der Waals surface area contributed by atoms with E-state index in [0.717, 1.165) is 5.56 Å². The molecule has 2 atom stereocenters. The number of nitrogens with zero attached hydrogens (tertiary/aromatic N) is 1. The molecular weight excluding hydrogens is 410 g/mol. The molecule has 0 amide bonds. The summed E-state index contributed by atoms with van der Waals surface area (Å²) in [6, 6.07) is 5.89. The molecule has 2 aliphatic heterocycles. The first-order valence-corrected chi connectivity index (χ1v) is 10.4. The van der Waals surface area contributed by atoms with Crippen LogP contribution in [0, 0.1) is 17.5 Å². The fourth-order valence-corrected chi connectivity index (χ4v) is 4.59. The predicted molar refractivity (Wildman–Crippen MR) is 110 cm³/mol. The molecule has 0 bridgehead atoms. The van der Waals surface area contributed by atoms with Gasteiger partial charge in [-0.2, -0.15) is 0 Å². The first-order valence-electron chi connectivity index (χ1n) is 10.4. The summed E-state index contributed by atoms with van der Waals surface area (Å²) in [5.74, 6) is -1.75. The number of alkyl halides is 1. The maximum Gasteiger partial charge on any atom is 0.135 e. The molecule has 8 heteroatoms. The van der Waals surface area contributed by atoms with Crippen LogP contribution >= 0.6 is 0 Å². The predicted octanol–water partition coefficient (Wildman–Crippen LogP) is 4.24. The Kier molecular flexibility index (Phi) is 5.14. The number of nitrogens with one attached hydrogen (secondary N) is 2. The lowest BCUT2D eigenvalue weighted by molar-refractivity contribution is 0.139. The van der Waals surface area contributed by atoms with Crippen molar-refractivity contribution in [2.45, 2.75) is 31.7 Å². The molecule has 1 saturated heterocycles. The van der Waals surface area contributed by atoms with Gasteiger partial charge in [0.05, 0.1) is 6.04 Å². The van der Waals surface area contributed by atoms with E-state index in [4.69, 9.17) is 4.74 Å². The molecule has 1 fully saturated rings. The van der Waals surface area contributed by atoms with Gasteiger partial charge < -0.3 is 15.0 Å². The van der Waals surface area contributed by atoms with E-state index in [1.54, 1.807) is 11.0 Å². The highest BCUT2D eigenvalue weighted by atomic mass is 19.1. The minimum atomic E-state index is -1.18. The summed E-state index contributed by atoms with van der Waals surface area (Å²) >= 11 is 0. The summed E-state index contributed by atoms with van der Waals surface area (Å²) in [6.07, 6.45) is -0.759. The Balaban J connectivity index is 1.62. The van der Waals surface area contributed by atoms with E-state index in [1.165, 1.54) is 31.2 Å². The number of aromatic amines is 1. The highest BCUT2D eigenvalue weighted by Crippen LogP contribution is 2.41. The summed E-state index contributed by atoms with van der Waals surface area (Å²) in [4.78, 5) is 4.94. The molecule has 2 aromatic carbocycles. The maximum absolute atomic E-state index is 15.3. The van der Waals surface area contributed by atoms with Crippen molar-refractivity contribution in [3.05, 3.63) is 64.6 Å². The van der Waals surface area contributed by atoms with Crippen LogP contribution in [-0.4, -0.2) is 48.3 Å². The molecule has 1 aromatic heterocycles. The van der Waals surface area contributed by atoms with E-state index in [1.807, 2.05) is 0 Å². The highest BCUT2D eigenvalue weighted by molar-refractivity contribution is 5.85. The Morgan fingerprint density at radius 1 is 1.13 bits per heavy atom. The first kappa shape index (κ1) is 20.3. The topological polar surface area (TPSA) is 40.3 Å². The number of ether oxygens (including phenoxy) is 1. The lowest BCUT2D eigenvalue weighted by atomic mass is 9.91. The zero-order chi connectivity index (χ0) is 21.7. The minimum absolute atomic E-state index is 0.0265. The SMILES string of the molecule is CC(F)CN1CCc2c([nH]c3ccc(F)cc23)C1c1c(F)cc(OC2CNC2)cc1F. The lowest BCUT2D eigenvalue weighted by Gasteiger charge is -2.37. The van der Waals surface area contributed by atoms with Gasteiger partial charge in [0, 0.05) is 60.5 Å². The van der Waals surface area contributed by atoms with Crippen molar-refractivity contribution in [2.24, 2.45) is 0 Å². The van der Waals surface area contributed by atoms with Crippen LogP contribution in [0.25, 0.3) is 10.9 Å². The molecule has 2 unspecified atom stereocenters. The number of hydrogen-bond acceptors (Lipinski definition) is 3. The highest BCUT2D eigenvalue weighted by Gasteiger charge is 2.36. The third kappa shape index (κ3) is 3.68. The molecule has 5 rings (SSSR count). The second kappa shape index (κ2) is 7.84. The van der Waals surface area contributed by atoms with Gasteiger partial charge in [-0.05, 0) is 37.1 Å². The Bertz CT molecular complexity index is 1100. The fraction of sp³-hybridized carbons (Fsp3) is 0.391. The molecule has 3 aromatic rings. The molecule has 2 N–H and O–H groups in total. The van der Waals surface area contributed by atoms with Gasteiger partial charge in [-0.15, -0.1) is 0 Å². The Hall–Kier alpha value is -2.58. The minimum Gasteiger partial charge on any atom is -0.488 e. The molecule has 0 spiro atoms.